The highest BCUT2D eigenvalue weighted by Gasteiger charge is 2.20. The fraction of sp³-hybridized carbons (Fsp3) is 0.333. The van der Waals surface area contributed by atoms with Crippen LogP contribution in [0, 0.1) is 24.0 Å². The maximum absolute atomic E-state index is 11.1. The Labute approximate surface area is 110 Å². The molecule has 1 N–H and O–H groups in total. The molecule has 0 fully saturated rings. The van der Waals surface area contributed by atoms with Gasteiger partial charge < -0.3 is 5.32 Å². The first-order chi connectivity index (χ1) is 9.02. The number of nitrogens with zero attached hydrogens (tertiary/aromatic N) is 4. The van der Waals surface area contributed by atoms with Gasteiger partial charge in [-0.2, -0.15) is 5.10 Å². The molecule has 7 nitrogen and oxygen atoms in total. The number of hydrogen-bond donors (Lipinski definition) is 1. The Balaban J connectivity index is 2.60. The van der Waals surface area contributed by atoms with Crippen LogP contribution in [0.25, 0.3) is 5.82 Å². The van der Waals surface area contributed by atoms with Crippen molar-refractivity contribution in [1.82, 2.24) is 14.8 Å². The fourth-order valence-corrected chi connectivity index (χ4v) is 1.86. The van der Waals surface area contributed by atoms with Gasteiger partial charge in [0.2, 0.25) is 5.82 Å². The number of rotatable bonds is 4. The molecule has 0 aromatic carbocycles. The predicted molar refractivity (Wildman–Crippen MR) is 71.7 cm³/mol. The minimum absolute atomic E-state index is 0.0622. The molecule has 0 atom stereocenters. The van der Waals surface area contributed by atoms with E-state index in [2.05, 4.69) is 15.4 Å². The molecule has 19 heavy (non-hydrogen) atoms. The Hall–Kier alpha value is -2.44. The van der Waals surface area contributed by atoms with Crippen molar-refractivity contribution in [2.45, 2.75) is 20.8 Å². The topological polar surface area (TPSA) is 85.9 Å². The van der Waals surface area contributed by atoms with Crippen LogP contribution in [-0.2, 0) is 0 Å². The van der Waals surface area contributed by atoms with Crippen molar-refractivity contribution < 1.29 is 4.92 Å². The normalized spacial score (nSPS) is 10.5. The van der Waals surface area contributed by atoms with Crippen LogP contribution in [0.1, 0.15) is 18.3 Å². The molecular weight excluding hydrogens is 246 g/mol. The van der Waals surface area contributed by atoms with Crippen LogP contribution in [0.4, 0.5) is 11.5 Å². The molecule has 2 aromatic rings. The summed E-state index contributed by atoms with van der Waals surface area (Å²) in [5.41, 5.74) is 1.54. The van der Waals surface area contributed by atoms with E-state index in [1.165, 1.54) is 10.7 Å². The van der Waals surface area contributed by atoms with E-state index in [-0.39, 0.29) is 11.5 Å². The predicted octanol–water partition coefficient (Wildman–Crippen LogP) is 2.22. The molecule has 100 valence electrons. The molecule has 0 unspecified atom stereocenters. The lowest BCUT2D eigenvalue weighted by Crippen LogP contribution is -2.09. The number of aryl methyl sites for hydroxylation is 2. The van der Waals surface area contributed by atoms with Gasteiger partial charge in [-0.25, -0.2) is 9.67 Å². The van der Waals surface area contributed by atoms with Crippen LogP contribution in [0.5, 0.6) is 0 Å². The second-order valence-electron chi connectivity index (χ2n) is 4.17. The van der Waals surface area contributed by atoms with Gasteiger partial charge in [0.25, 0.3) is 0 Å². The summed E-state index contributed by atoms with van der Waals surface area (Å²) in [6.45, 7) is 6.31. The summed E-state index contributed by atoms with van der Waals surface area (Å²) >= 11 is 0. The molecule has 0 saturated heterocycles. The number of aromatic nitrogens is 3. The van der Waals surface area contributed by atoms with Gasteiger partial charge in [-0.1, -0.05) is 0 Å². The highest BCUT2D eigenvalue weighted by Crippen LogP contribution is 2.23. The molecule has 0 saturated carbocycles. The molecular formula is C12H15N5O2. The number of pyridine rings is 1. The first-order valence-corrected chi connectivity index (χ1v) is 5.96. The zero-order valence-corrected chi connectivity index (χ0v) is 11.0. The average Bonchev–Trinajstić information content (AvgIpc) is 2.68. The van der Waals surface area contributed by atoms with Crippen molar-refractivity contribution in [2.75, 3.05) is 11.9 Å². The first-order valence-electron chi connectivity index (χ1n) is 5.96. The quantitative estimate of drug-likeness (QED) is 0.673. The van der Waals surface area contributed by atoms with Crippen LogP contribution >= 0.6 is 0 Å². The Morgan fingerprint density at radius 3 is 2.68 bits per heavy atom. The van der Waals surface area contributed by atoms with Crippen molar-refractivity contribution in [1.29, 1.82) is 0 Å². The molecule has 2 aromatic heterocycles. The van der Waals surface area contributed by atoms with E-state index in [1.807, 2.05) is 26.8 Å². The maximum atomic E-state index is 11.1. The minimum atomic E-state index is -0.450. The summed E-state index contributed by atoms with van der Waals surface area (Å²) in [6, 6.07) is 4.89. The van der Waals surface area contributed by atoms with Crippen molar-refractivity contribution >= 4 is 11.5 Å². The highest BCUT2D eigenvalue weighted by atomic mass is 16.6. The van der Waals surface area contributed by atoms with Crippen molar-refractivity contribution in [3.63, 3.8) is 0 Å². The van der Waals surface area contributed by atoms with E-state index in [4.69, 9.17) is 0 Å². The lowest BCUT2D eigenvalue weighted by molar-refractivity contribution is -0.384. The minimum Gasteiger partial charge on any atom is -0.370 e. The Morgan fingerprint density at radius 1 is 1.42 bits per heavy atom. The van der Waals surface area contributed by atoms with Crippen molar-refractivity contribution in [3.05, 3.63) is 39.7 Å². The largest absolute Gasteiger partial charge is 0.370 e. The van der Waals surface area contributed by atoms with E-state index in [9.17, 15) is 10.1 Å². The van der Waals surface area contributed by atoms with E-state index in [0.29, 0.717) is 12.4 Å². The molecule has 0 aliphatic heterocycles. The van der Waals surface area contributed by atoms with E-state index in [1.54, 1.807) is 6.07 Å². The standard InChI is InChI=1S/C12H15N5O2/c1-4-13-11-6-5-10(17(18)19)12(14-11)16-9(3)7-8(2)15-16/h5-7H,4H2,1-3H3,(H,13,14). The summed E-state index contributed by atoms with van der Waals surface area (Å²) in [5, 5.41) is 18.4. The number of nitro groups is 1. The zero-order valence-electron chi connectivity index (χ0n) is 11.0. The number of hydrogen-bond acceptors (Lipinski definition) is 5. The fourth-order valence-electron chi connectivity index (χ4n) is 1.86. The van der Waals surface area contributed by atoms with Crippen LogP contribution in [0.15, 0.2) is 18.2 Å². The van der Waals surface area contributed by atoms with E-state index >= 15 is 0 Å². The second kappa shape index (κ2) is 5.05. The van der Waals surface area contributed by atoms with Crippen LogP contribution in [-0.4, -0.2) is 26.2 Å². The maximum Gasteiger partial charge on any atom is 0.313 e. The van der Waals surface area contributed by atoms with Gasteiger partial charge in [0, 0.05) is 18.3 Å². The van der Waals surface area contributed by atoms with Gasteiger partial charge in [-0.3, -0.25) is 10.1 Å². The lowest BCUT2D eigenvalue weighted by Gasteiger charge is -2.07. The summed E-state index contributed by atoms with van der Waals surface area (Å²) in [6.07, 6.45) is 0. The SMILES string of the molecule is CCNc1ccc([N+](=O)[O-])c(-n2nc(C)cc2C)n1. The summed E-state index contributed by atoms with van der Waals surface area (Å²) in [4.78, 5) is 14.9. The van der Waals surface area contributed by atoms with Gasteiger partial charge in [0.15, 0.2) is 0 Å². The third-order valence-corrected chi connectivity index (χ3v) is 2.62. The Bertz CT molecular complexity index is 621. The van der Waals surface area contributed by atoms with Gasteiger partial charge in [-0.05, 0) is 32.9 Å². The number of nitrogens with one attached hydrogen (secondary N) is 1. The summed E-state index contributed by atoms with van der Waals surface area (Å²) in [7, 11) is 0. The van der Waals surface area contributed by atoms with Crippen LogP contribution in [0.3, 0.4) is 0 Å². The molecule has 0 spiro atoms. The molecule has 0 radical (unpaired) electrons. The Kier molecular flexibility index (Phi) is 3.46. The first kappa shape index (κ1) is 13.0. The highest BCUT2D eigenvalue weighted by molar-refractivity contribution is 5.53. The molecule has 0 bridgehead atoms. The molecule has 2 heterocycles. The molecule has 7 heteroatoms. The van der Waals surface area contributed by atoms with E-state index < -0.39 is 4.92 Å². The van der Waals surface area contributed by atoms with Crippen LogP contribution in [0.2, 0.25) is 0 Å². The zero-order chi connectivity index (χ0) is 14.0. The second-order valence-corrected chi connectivity index (χ2v) is 4.17. The average molecular weight is 261 g/mol. The lowest BCUT2D eigenvalue weighted by atomic mass is 10.3. The van der Waals surface area contributed by atoms with E-state index in [0.717, 1.165) is 11.4 Å². The number of anilines is 1. The van der Waals surface area contributed by atoms with Crippen molar-refractivity contribution in [3.8, 4) is 5.82 Å². The van der Waals surface area contributed by atoms with Gasteiger partial charge in [0.05, 0.1) is 10.6 Å². The Morgan fingerprint density at radius 2 is 2.16 bits per heavy atom. The summed E-state index contributed by atoms with van der Waals surface area (Å²) < 4.78 is 1.49. The summed E-state index contributed by atoms with van der Waals surface area (Å²) in [5.74, 6) is 0.824. The monoisotopic (exact) mass is 261 g/mol. The smallest absolute Gasteiger partial charge is 0.313 e. The molecule has 0 aliphatic carbocycles. The van der Waals surface area contributed by atoms with Crippen molar-refractivity contribution in [2.24, 2.45) is 0 Å². The van der Waals surface area contributed by atoms with Gasteiger partial charge >= 0.3 is 5.69 Å². The molecule has 2 rings (SSSR count). The third kappa shape index (κ3) is 2.54. The van der Waals surface area contributed by atoms with Crippen LogP contribution < -0.4 is 5.32 Å². The van der Waals surface area contributed by atoms with Gasteiger partial charge in [-0.15, -0.1) is 0 Å². The third-order valence-electron chi connectivity index (χ3n) is 2.62. The molecule has 0 aliphatic rings. The van der Waals surface area contributed by atoms with Gasteiger partial charge in [0.1, 0.15) is 5.82 Å². The molecule has 0 amide bonds.